The van der Waals surface area contributed by atoms with Crippen molar-refractivity contribution >= 4 is 15.7 Å². The van der Waals surface area contributed by atoms with E-state index in [1.54, 1.807) is 0 Å². The highest BCUT2D eigenvalue weighted by molar-refractivity contribution is 7.89. The van der Waals surface area contributed by atoms with E-state index in [9.17, 15) is 21.6 Å². The number of aromatic nitrogens is 1. The van der Waals surface area contributed by atoms with Gasteiger partial charge in [-0.3, -0.25) is 10.8 Å². The number of nitrogen functional groups attached to an aromatic ring is 1. The van der Waals surface area contributed by atoms with Gasteiger partial charge in [0.15, 0.2) is 0 Å². The fourth-order valence-electron chi connectivity index (χ4n) is 2.27. The standard InChI is InChI=1S/C11H15F3N4O2S/c12-11(13,14)8-2-1-5-18(7-8)21(19,20)10-6-16-4-3-9(10)17-15/h3-4,6,8H,1-2,5,7,15H2,(H,16,17). The largest absolute Gasteiger partial charge is 0.393 e. The van der Waals surface area contributed by atoms with E-state index in [0.29, 0.717) is 0 Å². The first kappa shape index (κ1) is 16.0. The Bertz CT molecular complexity index is 606. The van der Waals surface area contributed by atoms with E-state index in [0.717, 1.165) is 10.5 Å². The third kappa shape index (κ3) is 3.27. The summed E-state index contributed by atoms with van der Waals surface area (Å²) in [4.78, 5) is 3.47. The number of hydrogen-bond acceptors (Lipinski definition) is 5. The predicted octanol–water partition coefficient (Wildman–Crippen LogP) is 1.33. The number of piperidine rings is 1. The summed E-state index contributed by atoms with van der Waals surface area (Å²) in [6.45, 7) is -0.529. The molecule has 0 bridgehead atoms. The van der Waals surface area contributed by atoms with Crippen LogP contribution < -0.4 is 11.3 Å². The van der Waals surface area contributed by atoms with Gasteiger partial charge in [-0.05, 0) is 18.9 Å². The molecule has 10 heteroatoms. The van der Waals surface area contributed by atoms with Crippen molar-refractivity contribution in [3.63, 3.8) is 0 Å². The zero-order chi connectivity index (χ0) is 15.7. The van der Waals surface area contributed by atoms with Crippen molar-refractivity contribution in [2.24, 2.45) is 11.8 Å². The van der Waals surface area contributed by atoms with Crippen molar-refractivity contribution in [3.8, 4) is 0 Å². The van der Waals surface area contributed by atoms with Crippen LogP contribution >= 0.6 is 0 Å². The number of sulfonamides is 1. The molecule has 1 aliphatic heterocycles. The van der Waals surface area contributed by atoms with E-state index in [1.807, 2.05) is 0 Å². The van der Waals surface area contributed by atoms with Gasteiger partial charge in [-0.25, -0.2) is 8.42 Å². The Kier molecular flexibility index (Phi) is 4.40. The van der Waals surface area contributed by atoms with Crippen LogP contribution in [0.1, 0.15) is 12.8 Å². The normalized spacial score (nSPS) is 21.2. The molecule has 1 aromatic rings. The molecule has 1 aromatic heterocycles. The third-order valence-corrected chi connectivity index (χ3v) is 5.30. The maximum atomic E-state index is 12.8. The van der Waals surface area contributed by atoms with Crippen LogP contribution in [-0.2, 0) is 10.0 Å². The van der Waals surface area contributed by atoms with Crippen LogP contribution in [0.15, 0.2) is 23.4 Å². The van der Waals surface area contributed by atoms with Crippen molar-refractivity contribution < 1.29 is 21.6 Å². The molecular weight excluding hydrogens is 309 g/mol. The minimum atomic E-state index is -4.40. The summed E-state index contributed by atoms with van der Waals surface area (Å²) in [5.41, 5.74) is 2.31. The van der Waals surface area contributed by atoms with Gasteiger partial charge in [0.2, 0.25) is 10.0 Å². The zero-order valence-electron chi connectivity index (χ0n) is 11.0. The number of hydrogen-bond donors (Lipinski definition) is 2. The summed E-state index contributed by atoms with van der Waals surface area (Å²) in [6.07, 6.45) is -1.90. The van der Waals surface area contributed by atoms with E-state index < -0.39 is 28.7 Å². The highest BCUT2D eigenvalue weighted by Gasteiger charge is 2.44. The van der Waals surface area contributed by atoms with Crippen molar-refractivity contribution in [1.82, 2.24) is 9.29 Å². The monoisotopic (exact) mass is 324 g/mol. The second-order valence-electron chi connectivity index (χ2n) is 4.76. The molecule has 21 heavy (non-hydrogen) atoms. The zero-order valence-corrected chi connectivity index (χ0v) is 11.8. The topological polar surface area (TPSA) is 88.3 Å². The predicted molar refractivity (Wildman–Crippen MR) is 69.6 cm³/mol. The fourth-order valence-corrected chi connectivity index (χ4v) is 3.89. The van der Waals surface area contributed by atoms with Crippen LogP contribution in [0.25, 0.3) is 0 Å². The molecule has 0 spiro atoms. The van der Waals surface area contributed by atoms with Crippen molar-refractivity contribution in [2.45, 2.75) is 23.9 Å². The summed E-state index contributed by atoms with van der Waals surface area (Å²) in [7, 11) is -4.07. The lowest BCUT2D eigenvalue weighted by atomic mass is 9.99. The molecule has 0 radical (unpaired) electrons. The van der Waals surface area contributed by atoms with Crippen molar-refractivity contribution in [2.75, 3.05) is 18.5 Å². The van der Waals surface area contributed by atoms with Gasteiger partial charge in [0, 0.05) is 25.5 Å². The van der Waals surface area contributed by atoms with Gasteiger partial charge in [-0.2, -0.15) is 17.5 Å². The molecule has 1 fully saturated rings. The highest BCUT2D eigenvalue weighted by Crippen LogP contribution is 2.35. The number of rotatable bonds is 3. The lowest BCUT2D eigenvalue weighted by Gasteiger charge is -2.33. The Morgan fingerprint density at radius 3 is 2.76 bits per heavy atom. The molecule has 1 atom stereocenters. The Morgan fingerprint density at radius 1 is 1.43 bits per heavy atom. The minimum absolute atomic E-state index is 0.0494. The van der Waals surface area contributed by atoms with Crippen molar-refractivity contribution in [1.29, 1.82) is 0 Å². The molecule has 2 rings (SSSR count). The maximum absolute atomic E-state index is 12.8. The van der Waals surface area contributed by atoms with E-state index in [4.69, 9.17) is 5.84 Å². The van der Waals surface area contributed by atoms with E-state index in [1.165, 1.54) is 12.3 Å². The van der Waals surface area contributed by atoms with E-state index in [2.05, 4.69) is 10.4 Å². The molecule has 1 unspecified atom stereocenters. The number of nitrogens with zero attached hydrogens (tertiary/aromatic N) is 2. The molecule has 6 nitrogen and oxygen atoms in total. The molecule has 0 aliphatic carbocycles. The maximum Gasteiger partial charge on any atom is 0.393 e. The Morgan fingerprint density at radius 2 is 2.14 bits per heavy atom. The Hall–Kier alpha value is -1.39. The molecule has 0 aromatic carbocycles. The van der Waals surface area contributed by atoms with Crippen LogP contribution in [0, 0.1) is 5.92 Å². The van der Waals surface area contributed by atoms with Gasteiger partial charge >= 0.3 is 6.18 Å². The minimum Gasteiger partial charge on any atom is -0.323 e. The van der Waals surface area contributed by atoms with Crippen LogP contribution in [0.3, 0.4) is 0 Å². The number of alkyl halides is 3. The van der Waals surface area contributed by atoms with Gasteiger partial charge < -0.3 is 5.43 Å². The average Bonchev–Trinajstić information content (AvgIpc) is 2.46. The number of halogens is 3. The van der Waals surface area contributed by atoms with Crippen molar-refractivity contribution in [3.05, 3.63) is 18.5 Å². The number of nitrogens with one attached hydrogen (secondary N) is 1. The Balaban J connectivity index is 2.31. The lowest BCUT2D eigenvalue weighted by molar-refractivity contribution is -0.182. The number of nitrogens with two attached hydrogens (primary N) is 1. The third-order valence-electron chi connectivity index (χ3n) is 3.40. The van der Waals surface area contributed by atoms with Crippen LogP contribution in [0.5, 0.6) is 0 Å². The first-order valence-electron chi connectivity index (χ1n) is 6.24. The highest BCUT2D eigenvalue weighted by atomic mass is 32.2. The Labute approximate surface area is 120 Å². The van der Waals surface area contributed by atoms with Gasteiger partial charge in [-0.15, -0.1) is 0 Å². The summed E-state index contributed by atoms with van der Waals surface area (Å²) in [6, 6.07) is 1.35. The quantitative estimate of drug-likeness (QED) is 0.647. The van der Waals surface area contributed by atoms with Crippen LogP contribution in [0.4, 0.5) is 18.9 Å². The van der Waals surface area contributed by atoms with Crippen LogP contribution in [-0.4, -0.2) is 37.0 Å². The molecule has 3 N–H and O–H groups in total. The van der Waals surface area contributed by atoms with Gasteiger partial charge in [0.05, 0.1) is 11.6 Å². The SMILES string of the molecule is NNc1ccncc1S(=O)(=O)N1CCCC(C(F)(F)F)C1. The molecule has 2 heterocycles. The molecule has 0 amide bonds. The first-order valence-corrected chi connectivity index (χ1v) is 7.68. The van der Waals surface area contributed by atoms with E-state index >= 15 is 0 Å². The van der Waals surface area contributed by atoms with Gasteiger partial charge in [0.1, 0.15) is 4.90 Å². The molecule has 1 aliphatic rings. The molecule has 0 saturated carbocycles. The average molecular weight is 324 g/mol. The van der Waals surface area contributed by atoms with E-state index in [-0.39, 0.29) is 30.0 Å². The fraction of sp³-hybridized carbons (Fsp3) is 0.545. The molecule has 118 valence electrons. The lowest BCUT2D eigenvalue weighted by Crippen LogP contribution is -2.44. The smallest absolute Gasteiger partial charge is 0.323 e. The first-order chi connectivity index (χ1) is 9.76. The summed E-state index contributed by atoms with van der Waals surface area (Å²) in [5.74, 6) is 3.59. The second kappa shape index (κ2) is 5.78. The van der Waals surface area contributed by atoms with Crippen LogP contribution in [0.2, 0.25) is 0 Å². The summed E-state index contributed by atoms with van der Waals surface area (Å²) in [5, 5.41) is 0. The number of anilines is 1. The van der Waals surface area contributed by atoms with Gasteiger partial charge in [-0.1, -0.05) is 0 Å². The summed E-state index contributed by atoms with van der Waals surface area (Å²) >= 11 is 0. The number of pyridine rings is 1. The number of hydrazine groups is 1. The molecule has 1 saturated heterocycles. The molecular formula is C11H15F3N4O2S. The second-order valence-corrected chi connectivity index (χ2v) is 6.67. The van der Waals surface area contributed by atoms with Gasteiger partial charge in [0.25, 0.3) is 0 Å². The summed E-state index contributed by atoms with van der Waals surface area (Å²) < 4.78 is 64.1.